The summed E-state index contributed by atoms with van der Waals surface area (Å²) < 4.78 is 9.01. The Bertz CT molecular complexity index is 211. The summed E-state index contributed by atoms with van der Waals surface area (Å²) in [6.07, 6.45) is 0.548. The lowest BCUT2D eigenvalue weighted by atomic mass is 9.99. The maximum atomic E-state index is 11.3. The maximum Gasteiger partial charge on any atom is 0.516 e. The largest absolute Gasteiger partial charge is 0.516 e. The maximum absolute atomic E-state index is 11.3. The number of piperidine rings is 1. The molecule has 0 amide bonds. The van der Waals surface area contributed by atoms with Crippen LogP contribution >= 0.6 is 0 Å². The van der Waals surface area contributed by atoms with Gasteiger partial charge in [0.1, 0.15) is 0 Å². The van der Waals surface area contributed by atoms with E-state index in [1.54, 1.807) is 6.92 Å². The molecule has 0 aromatic carbocycles. The zero-order valence-corrected chi connectivity index (χ0v) is 8.25. The van der Waals surface area contributed by atoms with Crippen LogP contribution in [0.1, 0.15) is 19.8 Å². The van der Waals surface area contributed by atoms with Crippen molar-refractivity contribution in [2.45, 2.75) is 19.8 Å². The zero-order chi connectivity index (χ0) is 10.4. The predicted molar refractivity (Wildman–Crippen MR) is 48.7 cm³/mol. The number of carbonyl (C=O) groups is 2. The van der Waals surface area contributed by atoms with Gasteiger partial charge in [-0.25, -0.2) is 4.79 Å². The van der Waals surface area contributed by atoms with Gasteiger partial charge < -0.3 is 14.8 Å². The van der Waals surface area contributed by atoms with Crippen molar-refractivity contribution >= 4 is 12.1 Å². The van der Waals surface area contributed by atoms with E-state index in [0.717, 1.165) is 25.9 Å². The topological polar surface area (TPSA) is 64.6 Å². The van der Waals surface area contributed by atoms with Gasteiger partial charge in [0.2, 0.25) is 0 Å². The molecule has 0 aliphatic carbocycles. The van der Waals surface area contributed by atoms with Gasteiger partial charge >= 0.3 is 12.1 Å². The number of ether oxygens (including phenoxy) is 2. The Balaban J connectivity index is 2.29. The van der Waals surface area contributed by atoms with Gasteiger partial charge in [0, 0.05) is 0 Å². The average molecular weight is 201 g/mol. The van der Waals surface area contributed by atoms with Crippen molar-refractivity contribution in [1.29, 1.82) is 0 Å². The Morgan fingerprint density at radius 3 is 2.57 bits per heavy atom. The third-order valence-corrected chi connectivity index (χ3v) is 2.12. The first-order chi connectivity index (χ1) is 6.74. The molecule has 0 bridgehead atoms. The standard InChI is InChI=1S/C9H15NO4/c1-2-13-9(12)14-8(11)7-3-5-10-6-4-7/h7,10H,2-6H2,1H3. The van der Waals surface area contributed by atoms with Crippen molar-refractivity contribution in [2.75, 3.05) is 19.7 Å². The van der Waals surface area contributed by atoms with E-state index in [0.29, 0.717) is 0 Å². The highest BCUT2D eigenvalue weighted by atomic mass is 16.7. The van der Waals surface area contributed by atoms with Gasteiger partial charge in [0.15, 0.2) is 0 Å². The van der Waals surface area contributed by atoms with E-state index in [1.807, 2.05) is 0 Å². The number of rotatable bonds is 2. The van der Waals surface area contributed by atoms with Gasteiger partial charge in [-0.3, -0.25) is 4.79 Å². The first-order valence-electron chi connectivity index (χ1n) is 4.83. The van der Waals surface area contributed by atoms with Crippen molar-refractivity contribution in [1.82, 2.24) is 5.32 Å². The molecule has 1 aliphatic rings. The number of esters is 1. The van der Waals surface area contributed by atoms with Crippen LogP contribution < -0.4 is 5.32 Å². The highest BCUT2D eigenvalue weighted by Crippen LogP contribution is 2.13. The zero-order valence-electron chi connectivity index (χ0n) is 8.25. The summed E-state index contributed by atoms with van der Waals surface area (Å²) >= 11 is 0. The lowest BCUT2D eigenvalue weighted by Crippen LogP contribution is -2.33. The first kappa shape index (κ1) is 11.0. The minimum absolute atomic E-state index is 0.166. The Labute approximate surface area is 82.8 Å². The lowest BCUT2D eigenvalue weighted by molar-refractivity contribution is -0.145. The molecule has 1 rings (SSSR count). The van der Waals surface area contributed by atoms with Crippen LogP contribution in [0.2, 0.25) is 0 Å². The van der Waals surface area contributed by atoms with Crippen LogP contribution in [0.4, 0.5) is 4.79 Å². The smallest absolute Gasteiger partial charge is 0.434 e. The van der Waals surface area contributed by atoms with Gasteiger partial charge in [0.05, 0.1) is 12.5 Å². The Morgan fingerprint density at radius 1 is 1.36 bits per heavy atom. The number of nitrogens with one attached hydrogen (secondary N) is 1. The van der Waals surface area contributed by atoms with E-state index in [4.69, 9.17) is 0 Å². The summed E-state index contributed by atoms with van der Waals surface area (Å²) in [4.78, 5) is 22.1. The highest BCUT2D eigenvalue weighted by Gasteiger charge is 2.24. The molecular formula is C9H15NO4. The van der Waals surface area contributed by atoms with E-state index >= 15 is 0 Å². The molecule has 0 spiro atoms. The van der Waals surface area contributed by atoms with Gasteiger partial charge in [0.25, 0.3) is 0 Å². The fourth-order valence-corrected chi connectivity index (χ4v) is 1.37. The third kappa shape index (κ3) is 3.33. The second kappa shape index (κ2) is 5.59. The van der Waals surface area contributed by atoms with E-state index in [9.17, 15) is 9.59 Å². The summed E-state index contributed by atoms with van der Waals surface area (Å²) in [7, 11) is 0. The molecule has 1 N–H and O–H groups in total. The molecule has 14 heavy (non-hydrogen) atoms. The molecule has 0 aromatic rings. The fourth-order valence-electron chi connectivity index (χ4n) is 1.37. The molecule has 0 atom stereocenters. The van der Waals surface area contributed by atoms with Crippen molar-refractivity contribution in [3.8, 4) is 0 Å². The van der Waals surface area contributed by atoms with Crippen LogP contribution in [0.15, 0.2) is 0 Å². The van der Waals surface area contributed by atoms with Gasteiger partial charge in [-0.15, -0.1) is 0 Å². The SMILES string of the molecule is CCOC(=O)OC(=O)C1CCNCC1. The van der Waals surface area contributed by atoms with Gasteiger partial charge in [-0.1, -0.05) is 0 Å². The minimum atomic E-state index is -0.893. The van der Waals surface area contributed by atoms with Crippen molar-refractivity contribution in [3.05, 3.63) is 0 Å². The second-order valence-electron chi connectivity index (χ2n) is 3.13. The number of carbonyl (C=O) groups excluding carboxylic acids is 2. The molecule has 1 fully saturated rings. The minimum Gasteiger partial charge on any atom is -0.434 e. The molecule has 5 heteroatoms. The Hall–Kier alpha value is -1.10. The van der Waals surface area contributed by atoms with E-state index in [1.165, 1.54) is 0 Å². The molecule has 0 unspecified atom stereocenters. The molecule has 0 radical (unpaired) electrons. The lowest BCUT2D eigenvalue weighted by Gasteiger charge is -2.19. The normalized spacial score (nSPS) is 17.5. The molecule has 0 aromatic heterocycles. The summed E-state index contributed by atoms with van der Waals surface area (Å²) in [5.41, 5.74) is 0. The van der Waals surface area contributed by atoms with E-state index in [2.05, 4.69) is 14.8 Å². The summed E-state index contributed by atoms with van der Waals surface area (Å²) in [6.45, 7) is 3.47. The van der Waals surface area contributed by atoms with Gasteiger partial charge in [-0.2, -0.15) is 0 Å². The third-order valence-electron chi connectivity index (χ3n) is 2.12. The predicted octanol–water partition coefficient (Wildman–Crippen LogP) is 0.686. The molecular weight excluding hydrogens is 186 g/mol. The van der Waals surface area contributed by atoms with Gasteiger partial charge in [-0.05, 0) is 32.9 Å². The molecule has 5 nitrogen and oxygen atoms in total. The average Bonchev–Trinajstić information content (AvgIpc) is 2.19. The van der Waals surface area contributed by atoms with E-state index < -0.39 is 12.1 Å². The van der Waals surface area contributed by atoms with Crippen LogP contribution in [-0.4, -0.2) is 31.8 Å². The van der Waals surface area contributed by atoms with Crippen LogP contribution in [0, 0.1) is 5.92 Å². The Kier molecular flexibility index (Phi) is 4.39. The van der Waals surface area contributed by atoms with Crippen molar-refractivity contribution in [3.63, 3.8) is 0 Å². The van der Waals surface area contributed by atoms with E-state index in [-0.39, 0.29) is 12.5 Å². The monoisotopic (exact) mass is 201 g/mol. The van der Waals surface area contributed by atoms with Crippen LogP contribution in [0.5, 0.6) is 0 Å². The van der Waals surface area contributed by atoms with Crippen LogP contribution in [0.25, 0.3) is 0 Å². The van der Waals surface area contributed by atoms with Crippen LogP contribution in [0.3, 0.4) is 0 Å². The van der Waals surface area contributed by atoms with Crippen molar-refractivity contribution < 1.29 is 19.1 Å². The second-order valence-corrected chi connectivity index (χ2v) is 3.13. The fraction of sp³-hybridized carbons (Fsp3) is 0.778. The van der Waals surface area contributed by atoms with Crippen LogP contribution in [-0.2, 0) is 14.3 Å². The number of hydrogen-bond acceptors (Lipinski definition) is 5. The summed E-state index contributed by atoms with van der Waals surface area (Å²) in [5, 5.41) is 3.12. The molecule has 80 valence electrons. The quantitative estimate of drug-likeness (QED) is 0.526. The highest BCUT2D eigenvalue weighted by molar-refractivity contribution is 5.83. The van der Waals surface area contributed by atoms with Crippen molar-refractivity contribution in [2.24, 2.45) is 5.92 Å². The molecule has 1 saturated heterocycles. The molecule has 1 heterocycles. The Morgan fingerprint density at radius 2 is 2.00 bits per heavy atom. The molecule has 0 saturated carbocycles. The number of hydrogen-bond donors (Lipinski definition) is 1. The summed E-state index contributed by atoms with van der Waals surface area (Å²) in [5.74, 6) is -0.634. The molecule has 1 aliphatic heterocycles. The first-order valence-corrected chi connectivity index (χ1v) is 4.83. The summed E-state index contributed by atoms with van der Waals surface area (Å²) in [6, 6.07) is 0.